The van der Waals surface area contributed by atoms with Crippen LogP contribution in [-0.4, -0.2) is 61.0 Å². The molecule has 152 valence electrons. The van der Waals surface area contributed by atoms with Gasteiger partial charge in [0.1, 0.15) is 11.9 Å². The van der Waals surface area contributed by atoms with Crippen LogP contribution in [0.4, 0.5) is 0 Å². The fraction of sp³-hybridized carbons (Fsp3) is 0.500. The van der Waals surface area contributed by atoms with Crippen molar-refractivity contribution in [2.45, 2.75) is 30.8 Å². The van der Waals surface area contributed by atoms with E-state index in [-0.39, 0.29) is 25.2 Å². The Morgan fingerprint density at radius 1 is 1.29 bits per heavy atom. The minimum atomic E-state index is -1.23. The minimum Gasteiger partial charge on any atom is -0.508 e. The number of phenols is 1. The molecular weight excluding hydrogens is 368 g/mol. The van der Waals surface area contributed by atoms with E-state index in [1.165, 1.54) is 32.4 Å². The first kappa shape index (κ1) is 20.3. The van der Waals surface area contributed by atoms with Crippen molar-refractivity contribution < 1.29 is 38.7 Å². The predicted molar refractivity (Wildman–Crippen MR) is 96.9 cm³/mol. The highest BCUT2D eigenvalue weighted by Gasteiger charge is 2.62. The summed E-state index contributed by atoms with van der Waals surface area (Å²) in [6.45, 7) is 0.0469. The maximum atomic E-state index is 12.3. The number of carbonyl (C=O) groups is 2. The lowest BCUT2D eigenvalue weighted by Gasteiger charge is -2.27. The Hall–Kier alpha value is -2.42. The van der Waals surface area contributed by atoms with Crippen molar-refractivity contribution >= 4 is 18.0 Å². The minimum absolute atomic E-state index is 0.0215. The zero-order chi connectivity index (χ0) is 20.3. The number of carbonyl (C=O) groups excluding carboxylic acids is 2. The van der Waals surface area contributed by atoms with Crippen molar-refractivity contribution in [3.8, 4) is 5.75 Å². The lowest BCUT2D eigenvalue weighted by Crippen LogP contribution is -2.38. The van der Waals surface area contributed by atoms with Gasteiger partial charge in [-0.2, -0.15) is 0 Å². The molecule has 1 saturated carbocycles. The summed E-state index contributed by atoms with van der Waals surface area (Å²) in [7, 11) is 2.75. The average molecular weight is 392 g/mol. The molecule has 2 N–H and O–H groups in total. The molecule has 2 fully saturated rings. The van der Waals surface area contributed by atoms with Gasteiger partial charge in [0.05, 0.1) is 25.7 Å². The van der Waals surface area contributed by atoms with Gasteiger partial charge in [-0.25, -0.2) is 4.79 Å². The molecule has 1 aromatic carbocycles. The van der Waals surface area contributed by atoms with Gasteiger partial charge >= 0.3 is 11.9 Å². The molecule has 8 heteroatoms. The third-order valence-electron chi connectivity index (χ3n) is 5.34. The Morgan fingerprint density at radius 3 is 2.64 bits per heavy atom. The second-order valence-electron chi connectivity index (χ2n) is 7.09. The first-order chi connectivity index (χ1) is 13.4. The van der Waals surface area contributed by atoms with E-state index in [0.717, 1.165) is 5.56 Å². The third-order valence-corrected chi connectivity index (χ3v) is 5.34. The van der Waals surface area contributed by atoms with Crippen LogP contribution in [0.5, 0.6) is 5.75 Å². The molecule has 0 spiro atoms. The molecule has 0 radical (unpaired) electrons. The third kappa shape index (κ3) is 4.19. The zero-order valence-corrected chi connectivity index (χ0v) is 15.7. The molecule has 3 rings (SSSR count). The number of ether oxygens (including phenoxy) is 4. The van der Waals surface area contributed by atoms with Crippen molar-refractivity contribution in [2.75, 3.05) is 20.8 Å². The van der Waals surface area contributed by atoms with Crippen LogP contribution in [0.3, 0.4) is 0 Å². The Labute approximate surface area is 162 Å². The largest absolute Gasteiger partial charge is 0.508 e. The SMILES string of the molecule is COC(=O)C[C@@H]1[C@@H]2[C@@H](OC)OC[C@]2(O)C[C@H]1OC(=O)/C=C\c1ccc(O)cc1. The molecule has 1 heterocycles. The van der Waals surface area contributed by atoms with Crippen molar-refractivity contribution in [3.05, 3.63) is 35.9 Å². The number of rotatable bonds is 6. The summed E-state index contributed by atoms with van der Waals surface area (Å²) in [5, 5.41) is 20.2. The number of methoxy groups -OCH3 is 2. The van der Waals surface area contributed by atoms with E-state index in [9.17, 15) is 19.8 Å². The number of hydrogen-bond donors (Lipinski definition) is 2. The Bertz CT molecular complexity index is 743. The van der Waals surface area contributed by atoms with E-state index in [1.807, 2.05) is 0 Å². The molecule has 8 nitrogen and oxygen atoms in total. The summed E-state index contributed by atoms with van der Waals surface area (Å²) in [5.74, 6) is -1.92. The van der Waals surface area contributed by atoms with Crippen LogP contribution in [0.25, 0.3) is 6.08 Å². The fourth-order valence-electron chi connectivity index (χ4n) is 4.02. The maximum Gasteiger partial charge on any atom is 0.331 e. The molecule has 1 aliphatic carbocycles. The molecule has 0 bridgehead atoms. The number of esters is 2. The van der Waals surface area contributed by atoms with Crippen LogP contribution in [0.2, 0.25) is 0 Å². The molecular formula is C20H24O8. The molecule has 5 atom stereocenters. The van der Waals surface area contributed by atoms with Crippen LogP contribution in [0.15, 0.2) is 30.3 Å². The molecule has 0 aromatic heterocycles. The van der Waals surface area contributed by atoms with Gasteiger partial charge in [0.2, 0.25) is 0 Å². The normalized spacial score (nSPS) is 31.7. The number of phenolic OH excluding ortho intramolecular Hbond substituents is 1. The lowest BCUT2D eigenvalue weighted by molar-refractivity contribution is -0.158. The molecule has 1 aliphatic heterocycles. The first-order valence-corrected chi connectivity index (χ1v) is 8.97. The van der Waals surface area contributed by atoms with Crippen LogP contribution in [0, 0.1) is 11.8 Å². The van der Waals surface area contributed by atoms with Crippen molar-refractivity contribution in [3.63, 3.8) is 0 Å². The van der Waals surface area contributed by atoms with Gasteiger partial charge in [-0.15, -0.1) is 0 Å². The monoisotopic (exact) mass is 392 g/mol. The van der Waals surface area contributed by atoms with E-state index in [1.54, 1.807) is 18.2 Å². The second kappa shape index (κ2) is 8.30. The Kier molecular flexibility index (Phi) is 6.02. The fourth-order valence-corrected chi connectivity index (χ4v) is 4.02. The van der Waals surface area contributed by atoms with E-state index < -0.39 is 41.8 Å². The Balaban J connectivity index is 1.72. The summed E-state index contributed by atoms with van der Waals surface area (Å²) in [4.78, 5) is 24.2. The maximum absolute atomic E-state index is 12.3. The molecule has 2 aliphatic rings. The highest BCUT2D eigenvalue weighted by atomic mass is 16.7. The van der Waals surface area contributed by atoms with Gasteiger partial charge in [0.25, 0.3) is 0 Å². The summed E-state index contributed by atoms with van der Waals surface area (Å²) < 4.78 is 21.1. The van der Waals surface area contributed by atoms with Gasteiger partial charge in [0, 0.05) is 31.4 Å². The number of fused-ring (bicyclic) bond motifs is 1. The highest BCUT2D eigenvalue weighted by Crippen LogP contribution is 2.50. The van der Waals surface area contributed by atoms with E-state index in [2.05, 4.69) is 0 Å². The predicted octanol–water partition coefficient (Wildman–Crippen LogP) is 1.25. The average Bonchev–Trinajstić information content (AvgIpc) is 3.13. The number of aromatic hydroxyl groups is 1. The molecule has 1 aromatic rings. The standard InChI is InChI=1S/C20H24O8/c1-25-17(23)9-14-15(10-20(24)11-27-19(26-2)18(14)20)28-16(22)8-5-12-3-6-13(21)7-4-12/h3-8,14-15,18-19,21,24H,9-11H2,1-2H3/b8-5-/t14-,15+,18+,19-,20+/m0/s1. The van der Waals surface area contributed by atoms with Gasteiger partial charge < -0.3 is 29.2 Å². The van der Waals surface area contributed by atoms with Crippen LogP contribution < -0.4 is 0 Å². The smallest absolute Gasteiger partial charge is 0.331 e. The van der Waals surface area contributed by atoms with Crippen LogP contribution >= 0.6 is 0 Å². The van der Waals surface area contributed by atoms with Gasteiger partial charge in [0.15, 0.2) is 6.29 Å². The summed E-state index contributed by atoms with van der Waals surface area (Å²) >= 11 is 0. The van der Waals surface area contributed by atoms with Crippen molar-refractivity contribution in [1.29, 1.82) is 0 Å². The van der Waals surface area contributed by atoms with Crippen LogP contribution in [-0.2, 0) is 28.5 Å². The van der Waals surface area contributed by atoms with Gasteiger partial charge in [-0.05, 0) is 23.8 Å². The second-order valence-corrected chi connectivity index (χ2v) is 7.09. The highest BCUT2D eigenvalue weighted by molar-refractivity contribution is 5.87. The zero-order valence-electron chi connectivity index (χ0n) is 15.7. The van der Waals surface area contributed by atoms with Gasteiger partial charge in [-0.1, -0.05) is 12.1 Å². The van der Waals surface area contributed by atoms with Crippen molar-refractivity contribution in [1.82, 2.24) is 0 Å². The summed E-state index contributed by atoms with van der Waals surface area (Å²) in [6, 6.07) is 6.33. The van der Waals surface area contributed by atoms with Crippen LogP contribution in [0.1, 0.15) is 18.4 Å². The van der Waals surface area contributed by atoms with Crippen molar-refractivity contribution in [2.24, 2.45) is 11.8 Å². The van der Waals surface area contributed by atoms with E-state index >= 15 is 0 Å². The number of hydrogen-bond acceptors (Lipinski definition) is 8. The summed E-state index contributed by atoms with van der Waals surface area (Å²) in [5.41, 5.74) is -0.513. The number of benzene rings is 1. The van der Waals surface area contributed by atoms with Gasteiger partial charge in [-0.3, -0.25) is 4.79 Å². The summed E-state index contributed by atoms with van der Waals surface area (Å²) in [6.07, 6.45) is 1.60. The topological polar surface area (TPSA) is 112 Å². The first-order valence-electron chi connectivity index (χ1n) is 8.97. The van der Waals surface area contributed by atoms with E-state index in [0.29, 0.717) is 0 Å². The molecule has 0 unspecified atom stereocenters. The Morgan fingerprint density at radius 2 is 2.00 bits per heavy atom. The number of aliphatic hydroxyl groups is 1. The molecule has 28 heavy (non-hydrogen) atoms. The molecule has 1 saturated heterocycles. The lowest BCUT2D eigenvalue weighted by atomic mass is 9.85. The van der Waals surface area contributed by atoms with E-state index in [4.69, 9.17) is 18.9 Å². The quantitative estimate of drug-likeness (QED) is 0.550. The molecule has 0 amide bonds.